The van der Waals surface area contributed by atoms with Crippen LogP contribution in [0.3, 0.4) is 0 Å². The molecular formula is C6H9NOS. The second kappa shape index (κ2) is 2.82. The van der Waals surface area contributed by atoms with Crippen molar-refractivity contribution in [1.29, 1.82) is 0 Å². The summed E-state index contributed by atoms with van der Waals surface area (Å²) in [5.41, 5.74) is 0. The fraction of sp³-hybridized carbons (Fsp3) is 0.333. The average molecular weight is 143 g/mol. The topological polar surface area (TPSA) is 20.3 Å². The van der Waals surface area contributed by atoms with Gasteiger partial charge in [-0.25, -0.2) is 4.21 Å². The summed E-state index contributed by atoms with van der Waals surface area (Å²) < 4.78 is 12.7. The second-order valence-corrected chi connectivity index (χ2v) is 2.97. The highest BCUT2D eigenvalue weighted by Crippen LogP contribution is 2.02. The Balaban J connectivity index is 2.66. The van der Waals surface area contributed by atoms with Gasteiger partial charge in [0.15, 0.2) is 0 Å². The maximum absolute atomic E-state index is 10.9. The Kier molecular flexibility index (Phi) is 2.05. The molecule has 0 saturated heterocycles. The van der Waals surface area contributed by atoms with Crippen LogP contribution in [-0.4, -0.2) is 15.1 Å². The van der Waals surface area contributed by atoms with Crippen LogP contribution in [0, 0.1) is 0 Å². The molecule has 1 aliphatic rings. The summed E-state index contributed by atoms with van der Waals surface area (Å²) in [7, 11) is -0.912. The third-order valence-corrected chi connectivity index (χ3v) is 2.33. The predicted octanol–water partition coefficient (Wildman–Crippen LogP) is 1.01. The summed E-state index contributed by atoms with van der Waals surface area (Å²) >= 11 is 0. The lowest BCUT2D eigenvalue weighted by Gasteiger charge is -2.15. The molecule has 0 aliphatic carbocycles. The first-order valence-corrected chi connectivity index (χ1v) is 4.04. The third-order valence-electron chi connectivity index (χ3n) is 1.10. The lowest BCUT2D eigenvalue weighted by molar-refractivity contribution is 0.591. The van der Waals surface area contributed by atoms with Gasteiger partial charge in [0.2, 0.25) is 0 Å². The molecular weight excluding hydrogens is 134 g/mol. The Bertz CT molecular complexity index is 174. The van der Waals surface area contributed by atoms with Crippen molar-refractivity contribution in [1.82, 2.24) is 4.31 Å². The third kappa shape index (κ3) is 1.42. The Morgan fingerprint density at radius 1 is 1.56 bits per heavy atom. The number of nitrogens with zero attached hydrogens (tertiary/aromatic N) is 1. The van der Waals surface area contributed by atoms with Crippen molar-refractivity contribution in [3.63, 3.8) is 0 Å². The number of hydrogen-bond acceptors (Lipinski definition) is 1. The summed E-state index contributed by atoms with van der Waals surface area (Å²) in [6.07, 6.45) is 5.50. The number of rotatable bonds is 1. The molecule has 1 rings (SSSR count). The normalized spacial score (nSPS) is 25.0. The zero-order chi connectivity index (χ0) is 6.69. The first-order valence-electron chi connectivity index (χ1n) is 2.87. The lowest BCUT2D eigenvalue weighted by atomic mass is 10.6. The van der Waals surface area contributed by atoms with Crippen LogP contribution in [-0.2, 0) is 11.0 Å². The SMILES string of the molecule is CCN1C=CC=CS1=O. The summed E-state index contributed by atoms with van der Waals surface area (Å²) in [6.45, 7) is 2.77. The van der Waals surface area contributed by atoms with Gasteiger partial charge < -0.3 is 0 Å². The minimum atomic E-state index is -0.912. The molecule has 0 N–H and O–H groups in total. The van der Waals surface area contributed by atoms with Gasteiger partial charge in [-0.05, 0) is 13.0 Å². The molecule has 9 heavy (non-hydrogen) atoms. The van der Waals surface area contributed by atoms with Crippen LogP contribution in [0.25, 0.3) is 0 Å². The highest BCUT2D eigenvalue weighted by Gasteiger charge is 2.02. The van der Waals surface area contributed by atoms with E-state index in [1.807, 2.05) is 19.2 Å². The Labute approximate surface area is 57.4 Å². The van der Waals surface area contributed by atoms with E-state index in [4.69, 9.17) is 0 Å². The zero-order valence-electron chi connectivity index (χ0n) is 5.28. The molecule has 0 fully saturated rings. The molecule has 1 heterocycles. The molecule has 3 heteroatoms. The molecule has 1 atom stereocenters. The van der Waals surface area contributed by atoms with E-state index in [0.29, 0.717) is 0 Å². The fourth-order valence-electron chi connectivity index (χ4n) is 0.629. The molecule has 0 aromatic rings. The first-order chi connectivity index (χ1) is 4.34. The molecule has 0 saturated carbocycles. The maximum Gasteiger partial charge on any atom is 0.144 e. The summed E-state index contributed by atoms with van der Waals surface area (Å²) in [5, 5.41) is 1.67. The van der Waals surface area contributed by atoms with Gasteiger partial charge in [-0.3, -0.25) is 4.31 Å². The Morgan fingerprint density at radius 3 is 2.78 bits per heavy atom. The van der Waals surface area contributed by atoms with E-state index in [1.165, 1.54) is 0 Å². The summed E-state index contributed by atoms with van der Waals surface area (Å²) in [4.78, 5) is 0. The van der Waals surface area contributed by atoms with Crippen LogP contribution < -0.4 is 0 Å². The van der Waals surface area contributed by atoms with Crippen LogP contribution >= 0.6 is 0 Å². The van der Waals surface area contributed by atoms with Gasteiger partial charge in [0.05, 0.1) is 0 Å². The molecule has 1 unspecified atom stereocenters. The molecule has 0 radical (unpaired) electrons. The highest BCUT2D eigenvalue weighted by molar-refractivity contribution is 7.85. The van der Waals surface area contributed by atoms with Crippen molar-refractivity contribution in [3.05, 3.63) is 23.8 Å². The molecule has 2 nitrogen and oxygen atoms in total. The van der Waals surface area contributed by atoms with Gasteiger partial charge in [0.1, 0.15) is 11.0 Å². The van der Waals surface area contributed by atoms with E-state index in [9.17, 15) is 4.21 Å². The van der Waals surface area contributed by atoms with Crippen LogP contribution in [0.15, 0.2) is 23.8 Å². The van der Waals surface area contributed by atoms with Crippen molar-refractivity contribution >= 4 is 11.0 Å². The lowest BCUT2D eigenvalue weighted by Crippen LogP contribution is -2.18. The standard InChI is InChI=1S/C6H9NOS/c1-2-7-5-3-4-6-9(7)8/h3-6H,2H2,1H3. The van der Waals surface area contributed by atoms with Crippen LogP contribution in [0.4, 0.5) is 0 Å². The van der Waals surface area contributed by atoms with Crippen LogP contribution in [0.5, 0.6) is 0 Å². The first kappa shape index (κ1) is 6.55. The summed E-state index contributed by atoms with van der Waals surface area (Å²) in [5.74, 6) is 0. The van der Waals surface area contributed by atoms with Gasteiger partial charge in [0.25, 0.3) is 0 Å². The fourth-order valence-corrected chi connectivity index (χ4v) is 1.46. The molecule has 0 aromatic carbocycles. The van der Waals surface area contributed by atoms with Crippen molar-refractivity contribution in [3.8, 4) is 0 Å². The average Bonchev–Trinajstić information content (AvgIpc) is 1.89. The number of allylic oxidation sites excluding steroid dienone is 2. The molecule has 1 aliphatic heterocycles. The minimum Gasteiger partial charge on any atom is -0.296 e. The minimum absolute atomic E-state index is 0.799. The van der Waals surface area contributed by atoms with Crippen molar-refractivity contribution < 1.29 is 4.21 Å². The van der Waals surface area contributed by atoms with Crippen molar-refractivity contribution in [2.45, 2.75) is 6.92 Å². The van der Waals surface area contributed by atoms with Crippen molar-refractivity contribution in [2.75, 3.05) is 6.54 Å². The smallest absolute Gasteiger partial charge is 0.144 e. The summed E-state index contributed by atoms with van der Waals surface area (Å²) in [6, 6.07) is 0. The maximum atomic E-state index is 10.9. The van der Waals surface area contributed by atoms with E-state index in [1.54, 1.807) is 15.8 Å². The van der Waals surface area contributed by atoms with Gasteiger partial charge in [-0.1, -0.05) is 6.08 Å². The van der Waals surface area contributed by atoms with E-state index in [2.05, 4.69) is 0 Å². The number of hydrogen-bond donors (Lipinski definition) is 0. The van der Waals surface area contributed by atoms with E-state index < -0.39 is 11.0 Å². The van der Waals surface area contributed by atoms with E-state index in [0.717, 1.165) is 6.54 Å². The zero-order valence-corrected chi connectivity index (χ0v) is 6.10. The van der Waals surface area contributed by atoms with Gasteiger partial charge in [-0.15, -0.1) is 0 Å². The highest BCUT2D eigenvalue weighted by atomic mass is 32.2. The van der Waals surface area contributed by atoms with Crippen LogP contribution in [0.2, 0.25) is 0 Å². The Hall–Kier alpha value is -0.570. The monoisotopic (exact) mass is 143 g/mol. The molecule has 50 valence electrons. The van der Waals surface area contributed by atoms with E-state index in [-0.39, 0.29) is 0 Å². The largest absolute Gasteiger partial charge is 0.296 e. The van der Waals surface area contributed by atoms with Gasteiger partial charge in [0, 0.05) is 18.2 Å². The molecule has 0 aromatic heterocycles. The van der Waals surface area contributed by atoms with Gasteiger partial charge >= 0.3 is 0 Å². The van der Waals surface area contributed by atoms with Gasteiger partial charge in [-0.2, -0.15) is 0 Å². The van der Waals surface area contributed by atoms with E-state index >= 15 is 0 Å². The van der Waals surface area contributed by atoms with Crippen LogP contribution in [0.1, 0.15) is 6.92 Å². The quantitative estimate of drug-likeness (QED) is 0.536. The Morgan fingerprint density at radius 2 is 2.33 bits per heavy atom. The molecule has 0 spiro atoms. The predicted molar refractivity (Wildman–Crippen MR) is 38.8 cm³/mol. The second-order valence-electron chi connectivity index (χ2n) is 1.68. The van der Waals surface area contributed by atoms with Crippen molar-refractivity contribution in [2.24, 2.45) is 0 Å². The molecule has 0 bridgehead atoms. The molecule has 0 amide bonds.